The first-order valence-electron chi connectivity index (χ1n) is 7.53. The molecule has 112 valence electrons. The molecule has 3 rings (SSSR count). The van der Waals surface area contributed by atoms with Crippen LogP contribution in [0.4, 0.5) is 5.69 Å². The van der Waals surface area contributed by atoms with E-state index in [-0.39, 0.29) is 17.9 Å². The summed E-state index contributed by atoms with van der Waals surface area (Å²) >= 11 is 5.86. The van der Waals surface area contributed by atoms with Gasteiger partial charge in [-0.05, 0) is 50.2 Å². The summed E-state index contributed by atoms with van der Waals surface area (Å²) in [5, 5.41) is 0.599. The largest absolute Gasteiger partial charge is 0.292 e. The van der Waals surface area contributed by atoms with Gasteiger partial charge in [0.1, 0.15) is 0 Å². The number of carbonyl (C=O) groups is 2. The number of benzene rings is 1. The predicted octanol–water partition coefficient (Wildman–Crippen LogP) is 2.85. The Kier molecular flexibility index (Phi) is 4.27. The Bertz CT molecular complexity index is 536. The molecule has 2 aliphatic rings. The normalized spacial score (nSPS) is 24.4. The highest BCUT2D eigenvalue weighted by atomic mass is 35.5. The molecule has 0 N–H and O–H groups in total. The van der Waals surface area contributed by atoms with Crippen LogP contribution in [0.5, 0.6) is 0 Å². The zero-order valence-corrected chi connectivity index (χ0v) is 12.7. The molecule has 2 aliphatic heterocycles. The minimum absolute atomic E-state index is 0.0933. The van der Waals surface area contributed by atoms with E-state index in [4.69, 9.17) is 11.6 Å². The lowest BCUT2D eigenvalue weighted by molar-refractivity contribution is -0.122. The van der Waals surface area contributed by atoms with E-state index >= 15 is 0 Å². The quantitative estimate of drug-likeness (QED) is 0.789. The summed E-state index contributed by atoms with van der Waals surface area (Å²) in [5.74, 6) is -0.208. The minimum atomic E-state index is -0.286. The molecule has 0 radical (unpaired) electrons. The molecule has 1 aromatic rings. The molecule has 0 bridgehead atoms. The van der Waals surface area contributed by atoms with Gasteiger partial charge in [-0.25, -0.2) is 4.90 Å². The maximum atomic E-state index is 12.6. The van der Waals surface area contributed by atoms with Gasteiger partial charge in [-0.2, -0.15) is 0 Å². The Morgan fingerprint density at radius 1 is 0.952 bits per heavy atom. The number of carbonyl (C=O) groups excluding carboxylic acids is 2. The van der Waals surface area contributed by atoms with E-state index < -0.39 is 0 Å². The number of halogens is 1. The average molecular weight is 307 g/mol. The van der Waals surface area contributed by atoms with E-state index in [9.17, 15) is 9.59 Å². The molecule has 1 atom stereocenters. The van der Waals surface area contributed by atoms with Gasteiger partial charge in [-0.1, -0.05) is 24.4 Å². The van der Waals surface area contributed by atoms with E-state index in [1.807, 2.05) is 0 Å². The first-order chi connectivity index (χ1) is 10.2. The van der Waals surface area contributed by atoms with E-state index in [2.05, 4.69) is 4.90 Å². The third kappa shape index (κ3) is 2.97. The van der Waals surface area contributed by atoms with Crippen LogP contribution in [0, 0.1) is 0 Å². The molecule has 2 heterocycles. The average Bonchev–Trinajstić information content (AvgIpc) is 2.69. The van der Waals surface area contributed by atoms with Crippen molar-refractivity contribution in [3.63, 3.8) is 0 Å². The zero-order chi connectivity index (χ0) is 14.8. The van der Waals surface area contributed by atoms with Gasteiger partial charge in [0, 0.05) is 5.02 Å². The second-order valence-electron chi connectivity index (χ2n) is 5.71. The van der Waals surface area contributed by atoms with Gasteiger partial charge in [0.2, 0.25) is 5.91 Å². The molecule has 21 heavy (non-hydrogen) atoms. The molecular weight excluding hydrogens is 288 g/mol. The van der Waals surface area contributed by atoms with Crippen molar-refractivity contribution in [3.8, 4) is 0 Å². The van der Waals surface area contributed by atoms with Crippen molar-refractivity contribution in [3.05, 3.63) is 29.3 Å². The van der Waals surface area contributed by atoms with Gasteiger partial charge < -0.3 is 0 Å². The molecule has 5 heteroatoms. The molecule has 0 aromatic heterocycles. The zero-order valence-electron chi connectivity index (χ0n) is 11.9. The lowest BCUT2D eigenvalue weighted by atomic mass is 10.2. The number of nitrogens with zero attached hydrogens (tertiary/aromatic N) is 2. The summed E-state index contributed by atoms with van der Waals surface area (Å²) in [6.45, 7) is 1.83. The lowest BCUT2D eigenvalue weighted by Crippen LogP contribution is -2.42. The van der Waals surface area contributed by atoms with Crippen LogP contribution in [0.2, 0.25) is 5.02 Å². The molecule has 0 spiro atoms. The molecule has 1 aromatic carbocycles. The smallest absolute Gasteiger partial charge is 0.251 e. The highest BCUT2D eigenvalue weighted by molar-refractivity contribution is 6.30. The molecule has 4 nitrogen and oxygen atoms in total. The molecule has 2 saturated heterocycles. The Balaban J connectivity index is 1.79. The molecule has 0 saturated carbocycles. The predicted molar refractivity (Wildman–Crippen MR) is 82.4 cm³/mol. The second-order valence-corrected chi connectivity index (χ2v) is 6.15. The van der Waals surface area contributed by atoms with Crippen LogP contribution in [0.15, 0.2) is 24.3 Å². The fourth-order valence-corrected chi connectivity index (χ4v) is 3.30. The Morgan fingerprint density at radius 3 is 2.19 bits per heavy atom. The summed E-state index contributed by atoms with van der Waals surface area (Å²) in [6.07, 6.45) is 4.94. The first kappa shape index (κ1) is 14.5. The summed E-state index contributed by atoms with van der Waals surface area (Å²) in [5.41, 5.74) is 0.617. The van der Waals surface area contributed by atoms with Gasteiger partial charge in [0.05, 0.1) is 18.2 Å². The summed E-state index contributed by atoms with van der Waals surface area (Å²) in [6, 6.07) is 6.57. The number of hydrogen-bond acceptors (Lipinski definition) is 3. The Labute approximate surface area is 129 Å². The summed E-state index contributed by atoms with van der Waals surface area (Å²) in [7, 11) is 0. The van der Waals surface area contributed by atoms with Crippen molar-refractivity contribution in [1.29, 1.82) is 0 Å². The van der Waals surface area contributed by atoms with Crippen molar-refractivity contribution < 1.29 is 9.59 Å². The Morgan fingerprint density at radius 2 is 1.57 bits per heavy atom. The number of imide groups is 1. The third-order valence-electron chi connectivity index (χ3n) is 4.29. The van der Waals surface area contributed by atoms with Crippen molar-refractivity contribution in [2.75, 3.05) is 18.0 Å². The summed E-state index contributed by atoms with van der Waals surface area (Å²) < 4.78 is 0. The van der Waals surface area contributed by atoms with Gasteiger partial charge in [-0.15, -0.1) is 0 Å². The molecule has 2 fully saturated rings. The Hall–Kier alpha value is -1.39. The van der Waals surface area contributed by atoms with Crippen molar-refractivity contribution >= 4 is 29.1 Å². The number of amides is 2. The third-order valence-corrected chi connectivity index (χ3v) is 4.54. The van der Waals surface area contributed by atoms with Crippen LogP contribution in [0.1, 0.15) is 32.1 Å². The molecule has 1 unspecified atom stereocenters. The van der Waals surface area contributed by atoms with Crippen molar-refractivity contribution in [2.24, 2.45) is 0 Å². The fraction of sp³-hybridized carbons (Fsp3) is 0.500. The van der Waals surface area contributed by atoms with Crippen LogP contribution in [0.3, 0.4) is 0 Å². The topological polar surface area (TPSA) is 40.6 Å². The van der Waals surface area contributed by atoms with Crippen LogP contribution in [-0.4, -0.2) is 35.8 Å². The fourth-order valence-electron chi connectivity index (χ4n) is 3.17. The maximum absolute atomic E-state index is 12.6. The second kappa shape index (κ2) is 6.16. The first-order valence-corrected chi connectivity index (χ1v) is 7.91. The van der Waals surface area contributed by atoms with Crippen molar-refractivity contribution in [2.45, 2.75) is 38.1 Å². The van der Waals surface area contributed by atoms with Crippen LogP contribution >= 0.6 is 11.6 Å². The highest BCUT2D eigenvalue weighted by Gasteiger charge is 2.42. The number of likely N-dealkylation sites (tertiary alicyclic amines) is 1. The van der Waals surface area contributed by atoms with E-state index in [0.717, 1.165) is 25.9 Å². The number of rotatable bonds is 2. The van der Waals surface area contributed by atoms with Crippen LogP contribution in [0.25, 0.3) is 0 Å². The van der Waals surface area contributed by atoms with E-state index in [0.29, 0.717) is 17.1 Å². The van der Waals surface area contributed by atoms with E-state index in [1.54, 1.807) is 24.3 Å². The van der Waals surface area contributed by atoms with Gasteiger partial charge in [-0.3, -0.25) is 14.5 Å². The molecule has 2 amide bonds. The standard InChI is InChI=1S/C16H19ClN2O2/c17-12-5-7-13(8-6-12)19-15(20)11-14(16(19)21)18-9-3-1-2-4-10-18/h5-8,14H,1-4,9-11H2. The number of hydrogen-bond donors (Lipinski definition) is 0. The van der Waals surface area contributed by atoms with Crippen LogP contribution < -0.4 is 4.90 Å². The van der Waals surface area contributed by atoms with Gasteiger partial charge in [0.15, 0.2) is 0 Å². The highest BCUT2D eigenvalue weighted by Crippen LogP contribution is 2.28. The monoisotopic (exact) mass is 306 g/mol. The minimum Gasteiger partial charge on any atom is -0.292 e. The molecule has 0 aliphatic carbocycles. The van der Waals surface area contributed by atoms with Crippen LogP contribution in [-0.2, 0) is 9.59 Å². The van der Waals surface area contributed by atoms with Gasteiger partial charge >= 0.3 is 0 Å². The van der Waals surface area contributed by atoms with E-state index in [1.165, 1.54) is 17.7 Å². The lowest BCUT2D eigenvalue weighted by Gasteiger charge is -2.25. The molecular formula is C16H19ClN2O2. The number of anilines is 1. The van der Waals surface area contributed by atoms with Crippen molar-refractivity contribution in [1.82, 2.24) is 4.90 Å². The maximum Gasteiger partial charge on any atom is 0.251 e. The SMILES string of the molecule is O=C1CC(N2CCCCCC2)C(=O)N1c1ccc(Cl)cc1. The summed E-state index contributed by atoms with van der Waals surface area (Å²) in [4.78, 5) is 28.4. The van der Waals surface area contributed by atoms with Gasteiger partial charge in [0.25, 0.3) is 5.91 Å².